The zero-order chi connectivity index (χ0) is 16.9. The number of carbonyl (C=O) groups excluding carboxylic acids is 1. The number of ether oxygens (including phenoxy) is 1. The molecule has 1 unspecified atom stereocenters. The summed E-state index contributed by atoms with van der Waals surface area (Å²) in [5.41, 5.74) is 2.33. The standard InChI is InChI=1S/C17H19BrN4O2/c1-11-9-12(18)4-5-14(11)20-16-7-6-15(21-22-16)17(23)19-10-13-3-2-8-24-13/h4-7,9,13H,2-3,8,10H2,1H3,(H,19,23)(H,20,22). The Morgan fingerprint density at radius 2 is 2.21 bits per heavy atom. The van der Waals surface area contributed by atoms with Crippen LogP contribution in [0, 0.1) is 6.92 Å². The first-order chi connectivity index (χ1) is 11.6. The van der Waals surface area contributed by atoms with Crippen LogP contribution in [0.4, 0.5) is 11.5 Å². The molecule has 0 bridgehead atoms. The minimum Gasteiger partial charge on any atom is -0.376 e. The van der Waals surface area contributed by atoms with E-state index in [9.17, 15) is 4.79 Å². The van der Waals surface area contributed by atoms with Crippen molar-refractivity contribution in [3.05, 3.63) is 46.1 Å². The first-order valence-corrected chi connectivity index (χ1v) is 8.68. The lowest BCUT2D eigenvalue weighted by molar-refractivity contribution is 0.0853. The number of carbonyl (C=O) groups is 1. The zero-order valence-electron chi connectivity index (χ0n) is 13.4. The van der Waals surface area contributed by atoms with Gasteiger partial charge in [-0.3, -0.25) is 4.79 Å². The summed E-state index contributed by atoms with van der Waals surface area (Å²) in [7, 11) is 0. The molecule has 1 aromatic carbocycles. The Hall–Kier alpha value is -1.99. The molecule has 1 aliphatic heterocycles. The van der Waals surface area contributed by atoms with Gasteiger partial charge in [-0.05, 0) is 55.7 Å². The van der Waals surface area contributed by atoms with E-state index in [0.29, 0.717) is 18.1 Å². The number of halogens is 1. The van der Waals surface area contributed by atoms with Gasteiger partial charge in [-0.1, -0.05) is 15.9 Å². The molecule has 6 nitrogen and oxygen atoms in total. The van der Waals surface area contributed by atoms with Gasteiger partial charge in [-0.15, -0.1) is 10.2 Å². The highest BCUT2D eigenvalue weighted by atomic mass is 79.9. The Labute approximate surface area is 149 Å². The maximum atomic E-state index is 12.1. The molecule has 2 N–H and O–H groups in total. The Morgan fingerprint density at radius 3 is 2.88 bits per heavy atom. The summed E-state index contributed by atoms with van der Waals surface area (Å²) in [6.45, 7) is 3.29. The smallest absolute Gasteiger partial charge is 0.271 e. The van der Waals surface area contributed by atoms with Crippen LogP contribution in [0.2, 0.25) is 0 Å². The number of nitrogens with one attached hydrogen (secondary N) is 2. The monoisotopic (exact) mass is 390 g/mol. The summed E-state index contributed by atoms with van der Waals surface area (Å²) in [4.78, 5) is 12.1. The fourth-order valence-electron chi connectivity index (χ4n) is 2.53. The van der Waals surface area contributed by atoms with Crippen LogP contribution < -0.4 is 10.6 Å². The molecular formula is C17H19BrN4O2. The highest BCUT2D eigenvalue weighted by Crippen LogP contribution is 2.22. The van der Waals surface area contributed by atoms with Crippen molar-refractivity contribution in [2.45, 2.75) is 25.9 Å². The lowest BCUT2D eigenvalue weighted by Crippen LogP contribution is -2.32. The molecule has 2 aromatic rings. The van der Waals surface area contributed by atoms with E-state index in [1.807, 2.05) is 25.1 Å². The van der Waals surface area contributed by atoms with Crippen molar-refractivity contribution in [1.82, 2.24) is 15.5 Å². The highest BCUT2D eigenvalue weighted by molar-refractivity contribution is 9.10. The van der Waals surface area contributed by atoms with Crippen molar-refractivity contribution in [2.24, 2.45) is 0 Å². The molecule has 24 heavy (non-hydrogen) atoms. The highest BCUT2D eigenvalue weighted by Gasteiger charge is 2.17. The van der Waals surface area contributed by atoms with Gasteiger partial charge in [0.05, 0.1) is 6.10 Å². The third-order valence-electron chi connectivity index (χ3n) is 3.86. The summed E-state index contributed by atoms with van der Waals surface area (Å²) in [5.74, 6) is 0.362. The normalized spacial score (nSPS) is 16.8. The second-order valence-electron chi connectivity index (χ2n) is 5.73. The molecule has 1 fully saturated rings. The minimum atomic E-state index is -0.232. The molecule has 0 saturated carbocycles. The van der Waals surface area contributed by atoms with E-state index < -0.39 is 0 Å². The van der Waals surface area contributed by atoms with Crippen LogP contribution in [-0.2, 0) is 4.74 Å². The van der Waals surface area contributed by atoms with Gasteiger partial charge in [-0.2, -0.15) is 0 Å². The number of nitrogens with zero attached hydrogens (tertiary/aromatic N) is 2. The fourth-order valence-corrected chi connectivity index (χ4v) is 3.00. The van der Waals surface area contributed by atoms with Gasteiger partial charge < -0.3 is 15.4 Å². The van der Waals surface area contributed by atoms with Gasteiger partial charge >= 0.3 is 0 Å². The van der Waals surface area contributed by atoms with E-state index in [0.717, 1.165) is 35.2 Å². The van der Waals surface area contributed by atoms with Crippen molar-refractivity contribution < 1.29 is 9.53 Å². The van der Waals surface area contributed by atoms with Gasteiger partial charge in [0.25, 0.3) is 5.91 Å². The molecule has 1 amide bonds. The molecule has 1 aliphatic rings. The SMILES string of the molecule is Cc1cc(Br)ccc1Nc1ccc(C(=O)NCC2CCCO2)nn1. The van der Waals surface area contributed by atoms with Gasteiger partial charge in [0.15, 0.2) is 11.5 Å². The average molecular weight is 391 g/mol. The van der Waals surface area contributed by atoms with Crippen molar-refractivity contribution >= 4 is 33.3 Å². The Bertz CT molecular complexity index is 715. The number of benzene rings is 1. The van der Waals surface area contributed by atoms with Crippen LogP contribution in [0.25, 0.3) is 0 Å². The number of rotatable bonds is 5. The van der Waals surface area contributed by atoms with Gasteiger partial charge in [0, 0.05) is 23.3 Å². The number of hydrogen-bond acceptors (Lipinski definition) is 5. The van der Waals surface area contributed by atoms with Crippen LogP contribution in [0.3, 0.4) is 0 Å². The minimum absolute atomic E-state index is 0.114. The number of amides is 1. The Morgan fingerprint density at radius 1 is 1.33 bits per heavy atom. The predicted octanol–water partition coefficient (Wildman–Crippen LogP) is 3.20. The molecular weight excluding hydrogens is 372 g/mol. The van der Waals surface area contributed by atoms with Crippen molar-refractivity contribution in [3.63, 3.8) is 0 Å². The van der Waals surface area contributed by atoms with Crippen LogP contribution in [0.5, 0.6) is 0 Å². The van der Waals surface area contributed by atoms with E-state index in [1.54, 1.807) is 12.1 Å². The van der Waals surface area contributed by atoms with Gasteiger partial charge in [-0.25, -0.2) is 0 Å². The van der Waals surface area contributed by atoms with Gasteiger partial charge in [0.1, 0.15) is 0 Å². The Kier molecular flexibility index (Phi) is 5.42. The molecule has 0 spiro atoms. The molecule has 2 heterocycles. The van der Waals surface area contributed by atoms with E-state index in [4.69, 9.17) is 4.74 Å². The Balaban J connectivity index is 1.59. The lowest BCUT2D eigenvalue weighted by atomic mass is 10.2. The van der Waals surface area contributed by atoms with Crippen LogP contribution in [0.15, 0.2) is 34.8 Å². The van der Waals surface area contributed by atoms with E-state index in [-0.39, 0.29) is 12.0 Å². The first kappa shape index (κ1) is 16.9. The topological polar surface area (TPSA) is 76.1 Å². The maximum absolute atomic E-state index is 12.1. The first-order valence-electron chi connectivity index (χ1n) is 7.88. The molecule has 0 radical (unpaired) electrons. The maximum Gasteiger partial charge on any atom is 0.271 e. The third kappa shape index (κ3) is 4.30. The summed E-state index contributed by atoms with van der Waals surface area (Å²) < 4.78 is 6.50. The van der Waals surface area contributed by atoms with Crippen molar-refractivity contribution in [1.29, 1.82) is 0 Å². The van der Waals surface area contributed by atoms with Gasteiger partial charge in [0.2, 0.25) is 0 Å². The average Bonchev–Trinajstić information content (AvgIpc) is 3.09. The van der Waals surface area contributed by atoms with E-state index in [2.05, 4.69) is 36.8 Å². The lowest BCUT2D eigenvalue weighted by Gasteiger charge is -2.11. The number of hydrogen-bond donors (Lipinski definition) is 2. The van der Waals surface area contributed by atoms with E-state index >= 15 is 0 Å². The molecule has 1 saturated heterocycles. The summed E-state index contributed by atoms with van der Waals surface area (Å²) in [6.07, 6.45) is 2.15. The molecule has 7 heteroatoms. The molecule has 1 atom stereocenters. The molecule has 0 aliphatic carbocycles. The summed E-state index contributed by atoms with van der Waals surface area (Å²) in [6, 6.07) is 9.34. The van der Waals surface area contributed by atoms with Crippen LogP contribution >= 0.6 is 15.9 Å². The number of aryl methyl sites for hydroxylation is 1. The molecule has 3 rings (SSSR count). The molecule has 126 valence electrons. The summed E-state index contributed by atoms with van der Waals surface area (Å²) >= 11 is 3.44. The molecule has 1 aromatic heterocycles. The quantitative estimate of drug-likeness (QED) is 0.819. The third-order valence-corrected chi connectivity index (χ3v) is 4.36. The van der Waals surface area contributed by atoms with Crippen molar-refractivity contribution in [2.75, 3.05) is 18.5 Å². The fraction of sp³-hybridized carbons (Fsp3) is 0.353. The number of anilines is 2. The predicted molar refractivity (Wildman–Crippen MR) is 95.5 cm³/mol. The number of aromatic nitrogens is 2. The zero-order valence-corrected chi connectivity index (χ0v) is 15.0. The summed E-state index contributed by atoms with van der Waals surface area (Å²) in [5, 5.41) is 14.1. The second kappa shape index (κ2) is 7.72. The van der Waals surface area contributed by atoms with Crippen LogP contribution in [0.1, 0.15) is 28.9 Å². The second-order valence-corrected chi connectivity index (χ2v) is 6.65. The largest absolute Gasteiger partial charge is 0.376 e. The van der Waals surface area contributed by atoms with E-state index in [1.165, 1.54) is 0 Å². The van der Waals surface area contributed by atoms with Crippen molar-refractivity contribution in [3.8, 4) is 0 Å². The van der Waals surface area contributed by atoms with Crippen LogP contribution in [-0.4, -0.2) is 35.4 Å².